The summed E-state index contributed by atoms with van der Waals surface area (Å²) in [5, 5.41) is 3.48. The molecule has 1 aromatic carbocycles. The Morgan fingerprint density at radius 1 is 1.19 bits per heavy atom. The Kier molecular flexibility index (Phi) is 3.34. The highest BCUT2D eigenvalue weighted by atomic mass is 15.0. The first-order valence-electron chi connectivity index (χ1n) is 8.27. The Hall–Kier alpha value is -1.54. The number of fused-ring (bicyclic) bond motifs is 1. The summed E-state index contributed by atoms with van der Waals surface area (Å²) in [6, 6.07) is 9.89. The van der Waals surface area contributed by atoms with Gasteiger partial charge in [0.1, 0.15) is 0 Å². The number of nitrogens with one attached hydrogen (secondary N) is 1. The van der Waals surface area contributed by atoms with E-state index in [1.54, 1.807) is 11.1 Å². The van der Waals surface area contributed by atoms with Crippen LogP contribution in [0.4, 0.5) is 0 Å². The average molecular weight is 280 g/mol. The first-order valence-corrected chi connectivity index (χ1v) is 8.27. The van der Waals surface area contributed by atoms with Gasteiger partial charge >= 0.3 is 0 Å². The molecule has 1 N–H and O–H groups in total. The third kappa shape index (κ3) is 2.65. The fourth-order valence-electron chi connectivity index (χ4n) is 3.78. The van der Waals surface area contributed by atoms with Gasteiger partial charge in [0.25, 0.3) is 0 Å². The van der Waals surface area contributed by atoms with Crippen LogP contribution >= 0.6 is 0 Å². The van der Waals surface area contributed by atoms with Crippen molar-refractivity contribution in [3.63, 3.8) is 0 Å². The fraction of sp³-hybridized carbons (Fsp3) is 0.474. The van der Waals surface area contributed by atoms with Crippen molar-refractivity contribution in [2.75, 3.05) is 7.05 Å². The van der Waals surface area contributed by atoms with Crippen LogP contribution in [0.25, 0.3) is 0 Å². The van der Waals surface area contributed by atoms with Gasteiger partial charge in [0.05, 0.1) is 0 Å². The van der Waals surface area contributed by atoms with E-state index in [2.05, 4.69) is 53.6 Å². The molecule has 0 bridgehead atoms. The molecule has 1 unspecified atom stereocenters. The lowest BCUT2D eigenvalue weighted by atomic mass is 10.1. The predicted molar refractivity (Wildman–Crippen MR) is 86.5 cm³/mol. The summed E-state index contributed by atoms with van der Waals surface area (Å²) < 4.78 is 2.33. The van der Waals surface area contributed by atoms with Crippen LogP contribution in [0, 0.1) is 5.92 Å². The first kappa shape index (κ1) is 13.1. The van der Waals surface area contributed by atoms with Gasteiger partial charge in [-0.3, -0.25) is 0 Å². The Bertz CT molecular complexity index is 637. The number of rotatable bonds is 5. The van der Waals surface area contributed by atoms with Crippen LogP contribution in [0.15, 0.2) is 36.7 Å². The molecule has 2 nitrogen and oxygen atoms in total. The molecular formula is C19H24N2. The summed E-state index contributed by atoms with van der Waals surface area (Å²) in [7, 11) is 2.08. The summed E-state index contributed by atoms with van der Waals surface area (Å²) in [6.07, 6.45) is 11.2. The number of hydrogen-bond acceptors (Lipinski definition) is 1. The molecule has 2 aliphatic rings. The molecule has 2 aliphatic carbocycles. The highest BCUT2D eigenvalue weighted by Gasteiger charge is 2.31. The largest absolute Gasteiger partial charge is 0.350 e. The lowest BCUT2D eigenvalue weighted by Gasteiger charge is -2.13. The van der Waals surface area contributed by atoms with Gasteiger partial charge in [0.2, 0.25) is 0 Å². The van der Waals surface area contributed by atoms with E-state index in [0.29, 0.717) is 6.04 Å². The quantitative estimate of drug-likeness (QED) is 0.883. The summed E-state index contributed by atoms with van der Waals surface area (Å²) >= 11 is 0. The van der Waals surface area contributed by atoms with E-state index in [-0.39, 0.29) is 0 Å². The zero-order chi connectivity index (χ0) is 14.2. The Labute approximate surface area is 127 Å². The molecule has 2 aromatic rings. The molecule has 1 atom stereocenters. The van der Waals surface area contributed by atoms with Crippen molar-refractivity contribution < 1.29 is 0 Å². The van der Waals surface area contributed by atoms with Gasteiger partial charge in [-0.25, -0.2) is 0 Å². The maximum absolute atomic E-state index is 3.48. The van der Waals surface area contributed by atoms with Crippen LogP contribution in [-0.2, 0) is 19.4 Å². The lowest BCUT2D eigenvalue weighted by Crippen LogP contribution is -2.17. The van der Waals surface area contributed by atoms with E-state index in [1.807, 2.05) is 0 Å². The predicted octanol–water partition coefficient (Wildman–Crippen LogP) is 3.70. The Morgan fingerprint density at radius 2 is 2.05 bits per heavy atom. The lowest BCUT2D eigenvalue weighted by molar-refractivity contribution is 0.528. The van der Waals surface area contributed by atoms with Crippen molar-refractivity contribution in [3.05, 3.63) is 58.9 Å². The van der Waals surface area contributed by atoms with Crippen LogP contribution in [-0.4, -0.2) is 11.6 Å². The molecule has 0 amide bonds. The number of nitrogens with zero attached hydrogens (tertiary/aromatic N) is 1. The van der Waals surface area contributed by atoms with Gasteiger partial charge < -0.3 is 9.88 Å². The van der Waals surface area contributed by atoms with Gasteiger partial charge in [-0.05, 0) is 73.4 Å². The molecule has 0 saturated heterocycles. The normalized spacial score (nSPS) is 18.7. The van der Waals surface area contributed by atoms with Crippen molar-refractivity contribution in [2.24, 2.45) is 5.92 Å². The standard InChI is InChI=1S/C19H24N2/c1-20-19(16-7-8-16)18-9-10-21(13-18)12-14-5-6-15-3-2-4-17(15)11-14/h5-6,9-11,13,16,19-20H,2-4,7-8,12H2,1H3. The smallest absolute Gasteiger partial charge is 0.0470 e. The maximum Gasteiger partial charge on any atom is 0.0470 e. The van der Waals surface area contributed by atoms with Crippen molar-refractivity contribution >= 4 is 0 Å². The molecule has 110 valence electrons. The van der Waals surface area contributed by atoms with E-state index in [0.717, 1.165) is 12.5 Å². The molecule has 4 rings (SSSR count). The van der Waals surface area contributed by atoms with Gasteiger partial charge in [-0.1, -0.05) is 18.2 Å². The molecule has 21 heavy (non-hydrogen) atoms. The minimum absolute atomic E-state index is 0.547. The highest BCUT2D eigenvalue weighted by molar-refractivity contribution is 5.35. The van der Waals surface area contributed by atoms with Crippen LogP contribution < -0.4 is 5.32 Å². The van der Waals surface area contributed by atoms with E-state index in [9.17, 15) is 0 Å². The second kappa shape index (κ2) is 5.34. The van der Waals surface area contributed by atoms with E-state index < -0.39 is 0 Å². The molecule has 1 heterocycles. The summed E-state index contributed by atoms with van der Waals surface area (Å²) in [4.78, 5) is 0. The molecule has 1 aromatic heterocycles. The minimum Gasteiger partial charge on any atom is -0.350 e. The van der Waals surface area contributed by atoms with Crippen LogP contribution in [0.3, 0.4) is 0 Å². The van der Waals surface area contributed by atoms with Crippen LogP contribution in [0.2, 0.25) is 0 Å². The van der Waals surface area contributed by atoms with Crippen molar-refractivity contribution in [1.29, 1.82) is 0 Å². The molecule has 1 fully saturated rings. The van der Waals surface area contributed by atoms with Gasteiger partial charge in [0.15, 0.2) is 0 Å². The summed E-state index contributed by atoms with van der Waals surface area (Å²) in [5.41, 5.74) is 6.02. The minimum atomic E-state index is 0.547. The van der Waals surface area contributed by atoms with Crippen molar-refractivity contribution in [1.82, 2.24) is 9.88 Å². The molecular weight excluding hydrogens is 256 g/mol. The van der Waals surface area contributed by atoms with Gasteiger partial charge in [0, 0.05) is 25.0 Å². The number of hydrogen-bond donors (Lipinski definition) is 1. The zero-order valence-corrected chi connectivity index (χ0v) is 12.8. The first-order chi connectivity index (χ1) is 10.3. The summed E-state index contributed by atoms with van der Waals surface area (Å²) in [5.74, 6) is 0.853. The SMILES string of the molecule is CNC(c1ccn(Cc2ccc3c(c2)CCC3)c1)C1CC1. The van der Waals surface area contributed by atoms with Gasteiger partial charge in [-0.15, -0.1) is 0 Å². The van der Waals surface area contributed by atoms with Gasteiger partial charge in [-0.2, -0.15) is 0 Å². The molecule has 0 radical (unpaired) electrons. The Balaban J connectivity index is 1.51. The molecule has 0 aliphatic heterocycles. The number of benzene rings is 1. The molecule has 2 heteroatoms. The van der Waals surface area contributed by atoms with Crippen molar-refractivity contribution in [2.45, 2.75) is 44.7 Å². The van der Waals surface area contributed by atoms with E-state index in [4.69, 9.17) is 0 Å². The topological polar surface area (TPSA) is 17.0 Å². The molecule has 0 spiro atoms. The zero-order valence-electron chi connectivity index (χ0n) is 12.8. The van der Waals surface area contributed by atoms with E-state index in [1.165, 1.54) is 43.2 Å². The Morgan fingerprint density at radius 3 is 2.86 bits per heavy atom. The van der Waals surface area contributed by atoms with Crippen molar-refractivity contribution in [3.8, 4) is 0 Å². The summed E-state index contributed by atoms with van der Waals surface area (Å²) in [6.45, 7) is 0.994. The monoisotopic (exact) mass is 280 g/mol. The maximum atomic E-state index is 3.48. The third-order valence-corrected chi connectivity index (χ3v) is 5.06. The number of aryl methyl sites for hydroxylation is 2. The second-order valence-corrected chi connectivity index (χ2v) is 6.68. The number of aromatic nitrogens is 1. The molecule has 1 saturated carbocycles. The highest BCUT2D eigenvalue weighted by Crippen LogP contribution is 2.40. The average Bonchev–Trinajstić information content (AvgIpc) is 3.04. The fourth-order valence-corrected chi connectivity index (χ4v) is 3.78. The third-order valence-electron chi connectivity index (χ3n) is 5.06. The van der Waals surface area contributed by atoms with E-state index >= 15 is 0 Å². The van der Waals surface area contributed by atoms with Crippen LogP contribution in [0.1, 0.15) is 47.6 Å². The van der Waals surface area contributed by atoms with Crippen LogP contribution in [0.5, 0.6) is 0 Å². The second-order valence-electron chi connectivity index (χ2n) is 6.68.